The van der Waals surface area contributed by atoms with E-state index in [0.717, 1.165) is 84.8 Å². The summed E-state index contributed by atoms with van der Waals surface area (Å²) < 4.78 is 23.3. The van der Waals surface area contributed by atoms with Gasteiger partial charge in [-0.2, -0.15) is 9.97 Å². The zero-order valence-electron chi connectivity index (χ0n) is 24.2. The van der Waals surface area contributed by atoms with Crippen molar-refractivity contribution in [2.24, 2.45) is 0 Å². The lowest BCUT2D eigenvalue weighted by atomic mass is 9.95. The lowest BCUT2D eigenvalue weighted by molar-refractivity contribution is 0.108. The van der Waals surface area contributed by atoms with E-state index in [2.05, 4.69) is 39.4 Å². The van der Waals surface area contributed by atoms with Crippen molar-refractivity contribution < 1.29 is 9.13 Å². The smallest absolute Gasteiger partial charge is 0.319 e. The van der Waals surface area contributed by atoms with Gasteiger partial charge in [-0.1, -0.05) is 48.5 Å². The van der Waals surface area contributed by atoms with Crippen LogP contribution >= 0.6 is 0 Å². The standard InChI is InChI=1S/C35H35FN6O/c36-30-31(28-17-22-7-1-2-8-25(22)26-9-3-4-10-27(26)28)37-18-29-32(30)39-34(43-21-35-13-5-15-42(35)16-6-14-35)40-33(29)41-19-23-11-12-24(20-41)38-23/h1-4,7-10,17-18,23-24,38H,5-6,11-16,19-21H2. The molecule has 2 bridgehead atoms. The highest BCUT2D eigenvalue weighted by molar-refractivity contribution is 6.13. The van der Waals surface area contributed by atoms with E-state index in [0.29, 0.717) is 29.8 Å². The molecule has 5 aromatic rings. The molecule has 0 radical (unpaired) electrons. The second kappa shape index (κ2) is 9.82. The molecule has 4 fully saturated rings. The van der Waals surface area contributed by atoms with Gasteiger partial charge in [0.1, 0.15) is 23.6 Å². The van der Waals surface area contributed by atoms with E-state index >= 15 is 4.39 Å². The minimum absolute atomic E-state index is 0.0542. The number of pyridine rings is 1. The second-order valence-corrected chi connectivity index (χ2v) is 13.0. The van der Waals surface area contributed by atoms with E-state index in [1.54, 1.807) is 6.20 Å². The minimum atomic E-state index is -0.425. The molecule has 1 N–H and O–H groups in total. The zero-order chi connectivity index (χ0) is 28.5. The average Bonchev–Trinajstić information content (AvgIpc) is 3.73. The fraction of sp³-hybridized carbons (Fsp3) is 0.400. The third-order valence-electron chi connectivity index (χ3n) is 10.5. The summed E-state index contributed by atoms with van der Waals surface area (Å²) in [5.74, 6) is 0.304. The Morgan fingerprint density at radius 2 is 1.60 bits per heavy atom. The Kier molecular flexibility index (Phi) is 5.85. The van der Waals surface area contributed by atoms with Crippen LogP contribution in [0.3, 0.4) is 0 Å². The molecule has 43 heavy (non-hydrogen) atoms. The molecule has 0 spiro atoms. The maximum absolute atomic E-state index is 16.9. The fourth-order valence-electron chi connectivity index (χ4n) is 8.39. The lowest BCUT2D eigenvalue weighted by Crippen LogP contribution is -2.51. The first-order chi connectivity index (χ1) is 21.1. The average molecular weight is 575 g/mol. The number of piperazine rings is 1. The predicted molar refractivity (Wildman–Crippen MR) is 168 cm³/mol. The van der Waals surface area contributed by atoms with Crippen LogP contribution in [0.1, 0.15) is 38.5 Å². The van der Waals surface area contributed by atoms with Crippen LogP contribution in [-0.4, -0.2) is 70.3 Å². The first-order valence-corrected chi connectivity index (χ1v) is 15.8. The predicted octanol–water partition coefficient (Wildman–Crippen LogP) is 6.09. The van der Waals surface area contributed by atoms with Crippen molar-refractivity contribution in [1.29, 1.82) is 0 Å². The molecule has 2 aromatic heterocycles. The van der Waals surface area contributed by atoms with Gasteiger partial charge < -0.3 is 15.0 Å². The Hall–Kier alpha value is -3.88. The highest BCUT2D eigenvalue weighted by Gasteiger charge is 2.45. The summed E-state index contributed by atoms with van der Waals surface area (Å²) in [6, 6.07) is 19.6. The molecule has 7 nitrogen and oxygen atoms in total. The van der Waals surface area contributed by atoms with E-state index in [1.807, 2.05) is 30.3 Å². The molecular formula is C35H35FN6O. The molecule has 0 saturated carbocycles. The lowest BCUT2D eigenvalue weighted by Gasteiger charge is -2.34. The van der Waals surface area contributed by atoms with Crippen LogP contribution < -0.4 is 15.0 Å². The molecule has 9 rings (SSSR count). The highest BCUT2D eigenvalue weighted by Crippen LogP contribution is 2.41. The molecule has 3 aromatic carbocycles. The van der Waals surface area contributed by atoms with Gasteiger partial charge in [-0.25, -0.2) is 4.39 Å². The highest BCUT2D eigenvalue weighted by atomic mass is 19.1. The number of aromatic nitrogens is 3. The van der Waals surface area contributed by atoms with Gasteiger partial charge in [-0.05, 0) is 79.2 Å². The summed E-state index contributed by atoms with van der Waals surface area (Å²) in [6.45, 7) is 4.46. The van der Waals surface area contributed by atoms with Gasteiger partial charge in [-0.15, -0.1) is 0 Å². The molecule has 4 aliphatic heterocycles. The fourth-order valence-corrected chi connectivity index (χ4v) is 8.39. The van der Waals surface area contributed by atoms with Crippen LogP contribution in [0.15, 0.2) is 60.8 Å². The Labute approximate surface area is 250 Å². The molecule has 8 heteroatoms. The first-order valence-electron chi connectivity index (χ1n) is 15.8. The Bertz CT molecular complexity index is 1870. The van der Waals surface area contributed by atoms with Crippen molar-refractivity contribution in [2.45, 2.75) is 56.1 Å². The van der Waals surface area contributed by atoms with E-state index in [4.69, 9.17) is 19.7 Å². The summed E-state index contributed by atoms with van der Waals surface area (Å²) in [5.41, 5.74) is 1.41. The molecular weight excluding hydrogens is 539 g/mol. The van der Waals surface area contributed by atoms with E-state index in [9.17, 15) is 0 Å². The number of nitrogens with zero attached hydrogens (tertiary/aromatic N) is 5. The topological polar surface area (TPSA) is 66.4 Å². The van der Waals surface area contributed by atoms with Crippen molar-refractivity contribution in [1.82, 2.24) is 25.2 Å². The normalized spacial score (nSPS) is 23.0. The van der Waals surface area contributed by atoms with Crippen molar-refractivity contribution in [2.75, 3.05) is 37.7 Å². The van der Waals surface area contributed by atoms with Gasteiger partial charge in [0.15, 0.2) is 5.82 Å². The van der Waals surface area contributed by atoms with Crippen LogP contribution in [0.2, 0.25) is 0 Å². The van der Waals surface area contributed by atoms with E-state index in [1.165, 1.54) is 12.8 Å². The number of ether oxygens (including phenoxy) is 1. The zero-order valence-corrected chi connectivity index (χ0v) is 24.2. The first kappa shape index (κ1) is 25.6. The van der Waals surface area contributed by atoms with Crippen molar-refractivity contribution in [3.8, 4) is 17.3 Å². The Balaban J connectivity index is 1.20. The van der Waals surface area contributed by atoms with Gasteiger partial charge in [0, 0.05) is 36.9 Å². The molecule has 4 aliphatic rings. The Morgan fingerprint density at radius 3 is 2.40 bits per heavy atom. The van der Waals surface area contributed by atoms with Crippen molar-refractivity contribution in [3.05, 3.63) is 66.6 Å². The summed E-state index contributed by atoms with van der Waals surface area (Å²) in [6.07, 6.45) is 8.73. The number of hydrogen-bond acceptors (Lipinski definition) is 7. The van der Waals surface area contributed by atoms with Gasteiger partial charge in [0.05, 0.1) is 10.9 Å². The largest absolute Gasteiger partial charge is 0.461 e. The molecule has 0 aliphatic carbocycles. The molecule has 2 atom stereocenters. The van der Waals surface area contributed by atoms with Gasteiger partial charge >= 0.3 is 6.01 Å². The number of benzene rings is 3. The summed E-state index contributed by atoms with van der Waals surface area (Å²) in [4.78, 5) is 19.4. The Morgan fingerprint density at radius 1 is 0.884 bits per heavy atom. The summed E-state index contributed by atoms with van der Waals surface area (Å²) in [5, 5.41) is 8.59. The number of fused-ring (bicyclic) bond motifs is 7. The van der Waals surface area contributed by atoms with E-state index < -0.39 is 5.82 Å². The third-order valence-corrected chi connectivity index (χ3v) is 10.5. The number of halogens is 1. The van der Waals surface area contributed by atoms with Crippen molar-refractivity contribution >= 4 is 38.3 Å². The number of rotatable bonds is 5. The van der Waals surface area contributed by atoms with Crippen LogP contribution in [0.4, 0.5) is 10.2 Å². The maximum Gasteiger partial charge on any atom is 0.319 e. The van der Waals surface area contributed by atoms with Crippen LogP contribution in [0.25, 0.3) is 43.7 Å². The van der Waals surface area contributed by atoms with Crippen LogP contribution in [0.5, 0.6) is 6.01 Å². The SMILES string of the molecule is Fc1c(-c2cc3ccccc3c3ccccc23)ncc2c(N3CC4CCC(C3)N4)nc(OCC34CCCN3CCC4)nc12. The van der Waals surface area contributed by atoms with Crippen molar-refractivity contribution in [3.63, 3.8) is 0 Å². The van der Waals surface area contributed by atoms with Gasteiger partial charge in [-0.3, -0.25) is 9.88 Å². The van der Waals surface area contributed by atoms with E-state index in [-0.39, 0.29) is 17.1 Å². The number of hydrogen-bond donors (Lipinski definition) is 1. The molecule has 218 valence electrons. The van der Waals surface area contributed by atoms with Gasteiger partial charge in [0.25, 0.3) is 0 Å². The minimum Gasteiger partial charge on any atom is -0.461 e. The second-order valence-electron chi connectivity index (χ2n) is 13.0. The molecule has 0 amide bonds. The molecule has 6 heterocycles. The van der Waals surface area contributed by atoms with Gasteiger partial charge in [0.2, 0.25) is 0 Å². The molecule has 4 saturated heterocycles. The van der Waals surface area contributed by atoms with Crippen LogP contribution in [-0.2, 0) is 0 Å². The summed E-state index contributed by atoms with van der Waals surface area (Å²) >= 11 is 0. The number of anilines is 1. The monoisotopic (exact) mass is 574 g/mol. The van der Waals surface area contributed by atoms with Crippen LogP contribution in [0, 0.1) is 5.82 Å². The summed E-state index contributed by atoms with van der Waals surface area (Å²) in [7, 11) is 0. The number of nitrogens with one attached hydrogen (secondary N) is 1. The quantitative estimate of drug-likeness (QED) is 0.255. The molecule has 2 unspecified atom stereocenters. The maximum atomic E-state index is 16.9. The third kappa shape index (κ3) is 4.10.